The van der Waals surface area contributed by atoms with Crippen molar-refractivity contribution in [1.29, 1.82) is 0 Å². The van der Waals surface area contributed by atoms with Crippen molar-refractivity contribution in [3.63, 3.8) is 0 Å². The van der Waals surface area contributed by atoms with Gasteiger partial charge in [0.2, 0.25) is 0 Å². The summed E-state index contributed by atoms with van der Waals surface area (Å²) in [4.78, 5) is 8.52. The van der Waals surface area contributed by atoms with E-state index in [0.29, 0.717) is 28.4 Å². The molecular formula is C22H18FN6OP. The van der Waals surface area contributed by atoms with Crippen LogP contribution in [0.1, 0.15) is 11.4 Å². The monoisotopic (exact) mass is 432 g/mol. The molecule has 5 rings (SSSR count). The fourth-order valence-corrected chi connectivity index (χ4v) is 4.32. The fraction of sp³-hybridized carbons (Fsp3) is 0.136. The lowest BCUT2D eigenvalue weighted by molar-refractivity contribution is 0.588. The summed E-state index contributed by atoms with van der Waals surface area (Å²) in [6, 6.07) is 14.3. The minimum absolute atomic E-state index is 0.204. The number of benzene rings is 2. The zero-order valence-electron chi connectivity index (χ0n) is 16.9. The molecule has 0 spiro atoms. The summed E-state index contributed by atoms with van der Waals surface area (Å²) >= 11 is 0. The van der Waals surface area contributed by atoms with E-state index in [2.05, 4.69) is 25.3 Å². The molecule has 0 N–H and O–H groups in total. The Bertz CT molecular complexity index is 1490. The van der Waals surface area contributed by atoms with E-state index in [1.54, 1.807) is 31.8 Å². The third kappa shape index (κ3) is 3.70. The summed E-state index contributed by atoms with van der Waals surface area (Å²) in [5.74, 6) is 0.440. The maximum atomic E-state index is 14.7. The average molecular weight is 432 g/mol. The fourth-order valence-electron chi connectivity index (χ4n) is 3.43. The highest BCUT2D eigenvalue weighted by atomic mass is 31.2. The molecule has 0 aliphatic carbocycles. The molecule has 2 aromatic carbocycles. The third-order valence-corrected chi connectivity index (χ3v) is 6.60. The molecule has 9 heteroatoms. The summed E-state index contributed by atoms with van der Waals surface area (Å²) in [5.41, 5.74) is 2.45. The van der Waals surface area contributed by atoms with Gasteiger partial charge in [-0.25, -0.2) is 9.37 Å². The second-order valence-electron chi connectivity index (χ2n) is 7.69. The first-order valence-electron chi connectivity index (χ1n) is 9.65. The summed E-state index contributed by atoms with van der Waals surface area (Å²) in [7, 11) is -2.41. The number of hydrogen-bond acceptors (Lipinski definition) is 6. The molecule has 0 fully saturated rings. The Morgan fingerprint density at radius 3 is 2.74 bits per heavy atom. The Morgan fingerprint density at radius 2 is 1.90 bits per heavy atom. The van der Waals surface area contributed by atoms with Gasteiger partial charge in [0, 0.05) is 34.9 Å². The van der Waals surface area contributed by atoms with Crippen LogP contribution in [0.5, 0.6) is 0 Å². The van der Waals surface area contributed by atoms with Gasteiger partial charge in [-0.2, -0.15) is 9.61 Å². The van der Waals surface area contributed by atoms with Gasteiger partial charge in [0.05, 0.1) is 11.7 Å². The Balaban J connectivity index is 1.56. The highest BCUT2D eigenvalue weighted by Gasteiger charge is 2.16. The van der Waals surface area contributed by atoms with E-state index in [-0.39, 0.29) is 12.2 Å². The van der Waals surface area contributed by atoms with Gasteiger partial charge < -0.3 is 4.57 Å². The van der Waals surface area contributed by atoms with E-state index in [1.807, 2.05) is 36.4 Å². The molecule has 5 aromatic rings. The van der Waals surface area contributed by atoms with Crippen molar-refractivity contribution in [3.8, 4) is 11.3 Å². The molecule has 31 heavy (non-hydrogen) atoms. The van der Waals surface area contributed by atoms with Gasteiger partial charge in [0.1, 0.15) is 18.7 Å². The molecular weight excluding hydrogens is 414 g/mol. The van der Waals surface area contributed by atoms with E-state index < -0.39 is 7.14 Å². The second-order valence-corrected chi connectivity index (χ2v) is 10.9. The summed E-state index contributed by atoms with van der Waals surface area (Å²) in [5, 5.41) is 14.5. The minimum atomic E-state index is -2.41. The highest BCUT2D eigenvalue weighted by molar-refractivity contribution is 7.70. The Kier molecular flexibility index (Phi) is 4.59. The van der Waals surface area contributed by atoms with E-state index in [0.717, 1.165) is 16.3 Å². The SMILES string of the molecule is CP(C)(=O)c1cccc(-c2cnc3nnc(Cc4cc5cccnc5cc4F)n3n2)c1. The maximum Gasteiger partial charge on any atom is 0.271 e. The molecule has 0 bridgehead atoms. The van der Waals surface area contributed by atoms with Crippen molar-refractivity contribution >= 4 is 29.1 Å². The molecule has 3 aromatic heterocycles. The van der Waals surface area contributed by atoms with Crippen LogP contribution in [0.4, 0.5) is 4.39 Å². The van der Waals surface area contributed by atoms with Crippen LogP contribution in [-0.2, 0) is 11.0 Å². The predicted molar refractivity (Wildman–Crippen MR) is 118 cm³/mol. The van der Waals surface area contributed by atoms with Crippen molar-refractivity contribution in [2.24, 2.45) is 0 Å². The summed E-state index contributed by atoms with van der Waals surface area (Å²) in [6.07, 6.45) is 3.44. The van der Waals surface area contributed by atoms with Crippen LogP contribution in [0.3, 0.4) is 0 Å². The minimum Gasteiger partial charge on any atom is -0.319 e. The van der Waals surface area contributed by atoms with Gasteiger partial charge in [0.15, 0.2) is 5.82 Å². The quantitative estimate of drug-likeness (QED) is 0.403. The first-order valence-corrected chi connectivity index (χ1v) is 12.2. The van der Waals surface area contributed by atoms with Gasteiger partial charge >= 0.3 is 0 Å². The molecule has 0 saturated heterocycles. The highest BCUT2D eigenvalue weighted by Crippen LogP contribution is 2.35. The van der Waals surface area contributed by atoms with Gasteiger partial charge in [-0.05, 0) is 37.1 Å². The Labute approximate surface area is 177 Å². The average Bonchev–Trinajstić information content (AvgIpc) is 3.16. The lowest BCUT2D eigenvalue weighted by Crippen LogP contribution is -2.06. The number of fused-ring (bicyclic) bond motifs is 2. The lowest BCUT2D eigenvalue weighted by atomic mass is 10.1. The van der Waals surface area contributed by atoms with Crippen LogP contribution in [0, 0.1) is 5.82 Å². The van der Waals surface area contributed by atoms with Gasteiger partial charge in [-0.3, -0.25) is 4.98 Å². The normalized spacial score (nSPS) is 12.0. The first-order chi connectivity index (χ1) is 14.9. The number of aromatic nitrogens is 6. The molecule has 0 atom stereocenters. The second kappa shape index (κ2) is 7.32. The molecule has 7 nitrogen and oxygen atoms in total. The van der Waals surface area contributed by atoms with Crippen LogP contribution in [0.25, 0.3) is 27.9 Å². The van der Waals surface area contributed by atoms with Crippen LogP contribution in [0.2, 0.25) is 0 Å². The van der Waals surface area contributed by atoms with Gasteiger partial charge in [0.25, 0.3) is 5.78 Å². The van der Waals surface area contributed by atoms with Crippen molar-refractivity contribution in [3.05, 3.63) is 78.1 Å². The van der Waals surface area contributed by atoms with E-state index in [4.69, 9.17) is 0 Å². The van der Waals surface area contributed by atoms with E-state index >= 15 is 0 Å². The molecule has 0 aliphatic heterocycles. The molecule has 0 saturated carbocycles. The van der Waals surface area contributed by atoms with Crippen LogP contribution in [0.15, 0.2) is 60.9 Å². The molecule has 0 aliphatic rings. The smallest absolute Gasteiger partial charge is 0.271 e. The Morgan fingerprint density at radius 1 is 1.03 bits per heavy atom. The van der Waals surface area contributed by atoms with E-state index in [9.17, 15) is 8.96 Å². The largest absolute Gasteiger partial charge is 0.319 e. The first kappa shape index (κ1) is 19.5. The van der Waals surface area contributed by atoms with Crippen molar-refractivity contribution in [1.82, 2.24) is 29.8 Å². The van der Waals surface area contributed by atoms with Crippen molar-refractivity contribution in [2.45, 2.75) is 6.42 Å². The van der Waals surface area contributed by atoms with Gasteiger partial charge in [-0.1, -0.05) is 24.3 Å². The van der Waals surface area contributed by atoms with Gasteiger partial charge in [-0.15, -0.1) is 10.2 Å². The summed E-state index contributed by atoms with van der Waals surface area (Å²) < 4.78 is 28.6. The molecule has 154 valence electrons. The van der Waals surface area contributed by atoms with E-state index in [1.165, 1.54) is 10.6 Å². The number of pyridine rings is 1. The summed E-state index contributed by atoms with van der Waals surface area (Å²) in [6.45, 7) is 3.46. The standard InChI is InChI=1S/C22H18FN6OP/c1-31(2,30)17-7-3-5-15(10-17)20-13-25-22-27-26-21(29(22)28-20)11-16-9-14-6-4-8-24-19(14)12-18(16)23/h3-10,12-13H,11H2,1-2H3. The van der Waals surface area contributed by atoms with Crippen LogP contribution >= 0.6 is 7.14 Å². The number of rotatable bonds is 4. The predicted octanol–water partition coefficient (Wildman–Crippen LogP) is 3.71. The van der Waals surface area contributed by atoms with Crippen LogP contribution < -0.4 is 5.30 Å². The third-order valence-electron chi connectivity index (χ3n) is 5.08. The molecule has 3 heterocycles. The Hall–Kier alpha value is -3.51. The maximum absolute atomic E-state index is 14.7. The van der Waals surface area contributed by atoms with Crippen molar-refractivity contribution in [2.75, 3.05) is 13.3 Å². The zero-order valence-corrected chi connectivity index (χ0v) is 17.8. The molecule has 0 unspecified atom stereocenters. The van der Waals surface area contributed by atoms with Crippen molar-refractivity contribution < 1.29 is 8.96 Å². The number of halogens is 1. The number of nitrogens with zero attached hydrogens (tertiary/aromatic N) is 6. The lowest BCUT2D eigenvalue weighted by Gasteiger charge is -2.09. The molecule has 0 amide bonds. The number of hydrogen-bond donors (Lipinski definition) is 0. The molecule has 0 radical (unpaired) electrons. The van der Waals surface area contributed by atoms with Crippen LogP contribution in [-0.4, -0.2) is 43.1 Å². The zero-order chi connectivity index (χ0) is 21.6. The topological polar surface area (TPSA) is 85.9 Å².